The first-order valence-corrected chi connectivity index (χ1v) is 6.61. The summed E-state index contributed by atoms with van der Waals surface area (Å²) in [5.41, 5.74) is 0. The van der Waals surface area contributed by atoms with E-state index in [9.17, 15) is 18.0 Å². The predicted molar refractivity (Wildman–Crippen MR) is 66.4 cm³/mol. The molecule has 2 aromatic rings. The molecular formula is C11H10F3N3O3S. The molecule has 0 saturated carbocycles. The molecule has 114 valence electrons. The fourth-order valence-corrected chi connectivity index (χ4v) is 2.00. The van der Waals surface area contributed by atoms with Gasteiger partial charge in [0, 0.05) is 0 Å². The molecule has 0 unspecified atom stereocenters. The van der Waals surface area contributed by atoms with Gasteiger partial charge in [0.25, 0.3) is 11.1 Å². The van der Waals surface area contributed by atoms with E-state index in [-0.39, 0.29) is 11.1 Å². The predicted octanol–water partition coefficient (Wildman–Crippen LogP) is 2.49. The summed E-state index contributed by atoms with van der Waals surface area (Å²) in [6.07, 6.45) is -3.02. The van der Waals surface area contributed by atoms with Crippen molar-refractivity contribution >= 4 is 17.7 Å². The van der Waals surface area contributed by atoms with Crippen LogP contribution in [0.15, 0.2) is 32.5 Å². The summed E-state index contributed by atoms with van der Waals surface area (Å²) in [5.74, 6) is -0.274. The highest BCUT2D eigenvalue weighted by molar-refractivity contribution is 8.00. The van der Waals surface area contributed by atoms with Gasteiger partial charge in [-0.15, -0.1) is 10.2 Å². The third-order valence-electron chi connectivity index (χ3n) is 2.25. The lowest BCUT2D eigenvalue weighted by Gasteiger charge is -2.11. The Morgan fingerprint density at radius 2 is 2.24 bits per heavy atom. The first-order chi connectivity index (χ1) is 9.85. The molecule has 21 heavy (non-hydrogen) atoms. The summed E-state index contributed by atoms with van der Waals surface area (Å²) in [5, 5.41) is 8.44. The average molecular weight is 321 g/mol. The number of carbonyl (C=O) groups excluding carboxylic acids is 1. The van der Waals surface area contributed by atoms with E-state index < -0.39 is 23.9 Å². The Hall–Kier alpha value is -1.97. The van der Waals surface area contributed by atoms with Crippen molar-refractivity contribution in [2.24, 2.45) is 0 Å². The number of nitrogens with one attached hydrogen (secondary N) is 1. The number of hydrogen-bond donors (Lipinski definition) is 1. The summed E-state index contributed by atoms with van der Waals surface area (Å²) in [4.78, 5) is 11.5. The van der Waals surface area contributed by atoms with Gasteiger partial charge in [-0.2, -0.15) is 13.2 Å². The highest BCUT2D eigenvalue weighted by Crippen LogP contribution is 2.26. The van der Waals surface area contributed by atoms with Crippen molar-refractivity contribution in [3.8, 4) is 11.7 Å². The van der Waals surface area contributed by atoms with Gasteiger partial charge < -0.3 is 14.2 Å². The first-order valence-electron chi connectivity index (χ1n) is 5.73. The lowest BCUT2D eigenvalue weighted by molar-refractivity contribution is -0.137. The van der Waals surface area contributed by atoms with Gasteiger partial charge >= 0.3 is 6.18 Å². The van der Waals surface area contributed by atoms with Crippen LogP contribution in [-0.2, 0) is 4.79 Å². The Labute approximate surface area is 121 Å². The molecule has 0 aromatic carbocycles. The van der Waals surface area contributed by atoms with Gasteiger partial charge in [-0.1, -0.05) is 11.8 Å². The molecule has 1 atom stereocenters. The number of alkyl halides is 3. The van der Waals surface area contributed by atoms with E-state index in [1.54, 1.807) is 17.4 Å². The second-order valence-corrected chi connectivity index (χ2v) is 5.24. The Bertz CT molecular complexity index is 597. The van der Waals surface area contributed by atoms with Crippen molar-refractivity contribution in [1.82, 2.24) is 15.5 Å². The van der Waals surface area contributed by atoms with Gasteiger partial charge in [0.15, 0.2) is 5.76 Å². The fourth-order valence-electron chi connectivity index (χ4n) is 1.29. The minimum atomic E-state index is -4.45. The quantitative estimate of drug-likeness (QED) is 0.852. The van der Waals surface area contributed by atoms with Crippen LogP contribution in [0.2, 0.25) is 0 Å². The molecule has 0 aliphatic rings. The van der Waals surface area contributed by atoms with Crippen LogP contribution >= 0.6 is 11.8 Å². The highest BCUT2D eigenvalue weighted by atomic mass is 32.2. The minimum absolute atomic E-state index is 0.0658. The molecule has 0 radical (unpaired) electrons. The van der Waals surface area contributed by atoms with Crippen LogP contribution in [0, 0.1) is 0 Å². The Balaban J connectivity index is 1.91. The second kappa shape index (κ2) is 6.20. The third-order valence-corrected chi connectivity index (χ3v) is 3.18. The fraction of sp³-hybridized carbons (Fsp3) is 0.364. The average Bonchev–Trinajstić information content (AvgIpc) is 3.04. The smallest absolute Gasteiger partial charge is 0.405 e. The van der Waals surface area contributed by atoms with E-state index in [1.807, 2.05) is 0 Å². The van der Waals surface area contributed by atoms with Crippen LogP contribution in [0.25, 0.3) is 11.7 Å². The molecular weight excluding hydrogens is 311 g/mol. The number of nitrogens with zero attached hydrogens (tertiary/aromatic N) is 2. The van der Waals surface area contributed by atoms with Gasteiger partial charge in [0.2, 0.25) is 5.91 Å². The molecule has 6 nitrogen and oxygen atoms in total. The number of aromatic nitrogens is 2. The van der Waals surface area contributed by atoms with Gasteiger partial charge in [-0.05, 0) is 19.1 Å². The molecule has 1 amide bonds. The summed E-state index contributed by atoms with van der Waals surface area (Å²) in [6.45, 7) is 0.0609. The molecule has 0 saturated heterocycles. The molecule has 0 bridgehead atoms. The van der Waals surface area contributed by atoms with Gasteiger partial charge in [-0.25, -0.2) is 0 Å². The Morgan fingerprint density at radius 1 is 1.48 bits per heavy atom. The number of furan rings is 1. The molecule has 0 spiro atoms. The van der Waals surface area contributed by atoms with Crippen LogP contribution in [0.4, 0.5) is 13.2 Å². The SMILES string of the molecule is C[C@H](Sc1nnc(-c2ccco2)o1)C(=O)NCC(F)(F)F. The Morgan fingerprint density at radius 3 is 2.86 bits per heavy atom. The lowest BCUT2D eigenvalue weighted by atomic mass is 10.4. The number of carbonyl (C=O) groups is 1. The molecule has 1 N–H and O–H groups in total. The number of amides is 1. The maximum Gasteiger partial charge on any atom is 0.405 e. The molecule has 0 fully saturated rings. The lowest BCUT2D eigenvalue weighted by Crippen LogP contribution is -2.37. The van der Waals surface area contributed by atoms with E-state index in [2.05, 4.69) is 10.2 Å². The minimum Gasteiger partial charge on any atom is -0.459 e. The van der Waals surface area contributed by atoms with Crippen molar-refractivity contribution < 1.29 is 26.8 Å². The van der Waals surface area contributed by atoms with Gasteiger partial charge in [0.05, 0.1) is 11.5 Å². The third kappa shape index (κ3) is 4.52. The maximum atomic E-state index is 12.0. The zero-order valence-electron chi connectivity index (χ0n) is 10.7. The summed E-state index contributed by atoms with van der Waals surface area (Å²) >= 11 is 0.859. The maximum absolute atomic E-state index is 12.0. The molecule has 2 rings (SSSR count). The van der Waals surface area contributed by atoms with Crippen molar-refractivity contribution in [3.05, 3.63) is 18.4 Å². The molecule has 0 aliphatic carbocycles. The molecule has 2 heterocycles. The molecule has 10 heteroatoms. The number of hydrogen-bond acceptors (Lipinski definition) is 6. The Kier molecular flexibility index (Phi) is 4.56. The number of rotatable bonds is 5. The topological polar surface area (TPSA) is 81.2 Å². The van der Waals surface area contributed by atoms with Crippen LogP contribution < -0.4 is 5.32 Å². The summed E-state index contributed by atoms with van der Waals surface area (Å²) in [7, 11) is 0. The van der Waals surface area contributed by atoms with E-state index >= 15 is 0 Å². The standard InChI is InChI=1S/C11H10F3N3O3S/c1-6(8(18)15-5-11(12,13)14)21-10-17-16-9(20-10)7-3-2-4-19-7/h2-4,6H,5H2,1H3,(H,15,18)/t6-/m0/s1. The normalized spacial score (nSPS) is 13.1. The van der Waals surface area contributed by atoms with Crippen LogP contribution in [-0.4, -0.2) is 34.1 Å². The van der Waals surface area contributed by atoms with Crippen LogP contribution in [0.5, 0.6) is 0 Å². The van der Waals surface area contributed by atoms with E-state index in [1.165, 1.54) is 13.2 Å². The van der Waals surface area contributed by atoms with Crippen molar-refractivity contribution in [3.63, 3.8) is 0 Å². The zero-order chi connectivity index (χ0) is 15.5. The first kappa shape index (κ1) is 15.4. The van der Waals surface area contributed by atoms with Crippen molar-refractivity contribution in [2.45, 2.75) is 23.6 Å². The summed E-state index contributed by atoms with van der Waals surface area (Å²) in [6, 6.07) is 3.25. The number of thioether (sulfide) groups is 1. The van der Waals surface area contributed by atoms with Crippen molar-refractivity contribution in [1.29, 1.82) is 0 Å². The molecule has 2 aromatic heterocycles. The van der Waals surface area contributed by atoms with Crippen molar-refractivity contribution in [2.75, 3.05) is 6.54 Å². The molecule has 0 aliphatic heterocycles. The highest BCUT2D eigenvalue weighted by Gasteiger charge is 2.29. The largest absolute Gasteiger partial charge is 0.459 e. The zero-order valence-corrected chi connectivity index (χ0v) is 11.5. The van der Waals surface area contributed by atoms with E-state index in [0.717, 1.165) is 11.8 Å². The second-order valence-electron chi connectivity index (χ2n) is 3.94. The van der Waals surface area contributed by atoms with E-state index in [0.29, 0.717) is 5.76 Å². The van der Waals surface area contributed by atoms with Crippen LogP contribution in [0.1, 0.15) is 6.92 Å². The van der Waals surface area contributed by atoms with E-state index in [4.69, 9.17) is 8.83 Å². The number of halogens is 3. The van der Waals surface area contributed by atoms with Crippen LogP contribution in [0.3, 0.4) is 0 Å². The van der Waals surface area contributed by atoms with Gasteiger partial charge in [-0.3, -0.25) is 4.79 Å². The summed E-state index contributed by atoms with van der Waals surface area (Å²) < 4.78 is 46.3. The monoisotopic (exact) mass is 321 g/mol. The van der Waals surface area contributed by atoms with Gasteiger partial charge in [0.1, 0.15) is 6.54 Å².